The van der Waals surface area contributed by atoms with Gasteiger partial charge < -0.3 is 10.1 Å². The Labute approximate surface area is 129 Å². The normalized spacial score (nSPS) is 14.9. The van der Waals surface area contributed by atoms with Crippen molar-refractivity contribution in [2.75, 3.05) is 39.4 Å². The molecule has 1 fully saturated rings. The number of ether oxygens (including phenoxy) is 1. The van der Waals surface area contributed by atoms with Gasteiger partial charge in [-0.2, -0.15) is 5.26 Å². The molecule has 2 rings (SSSR count). The van der Waals surface area contributed by atoms with Crippen LogP contribution < -0.4 is 5.32 Å². The molecule has 0 radical (unpaired) electrons. The van der Waals surface area contributed by atoms with E-state index in [0.717, 1.165) is 38.9 Å². The predicted octanol–water partition coefficient (Wildman–Crippen LogP) is 1.18. The third-order valence-corrected chi connectivity index (χ3v) is 3.17. The van der Waals surface area contributed by atoms with Crippen LogP contribution in [0.2, 0.25) is 0 Å². The highest BCUT2D eigenvalue weighted by Gasteiger charge is 2.12. The number of nitrogens with one attached hydrogen (secondary N) is 1. The second kappa shape index (κ2) is 8.57. The Balaban J connectivity index is 0.00000220. The molecule has 1 amide bonds. The van der Waals surface area contributed by atoms with Crippen LogP contribution in [0.4, 0.5) is 4.39 Å². The molecule has 114 valence electrons. The van der Waals surface area contributed by atoms with Crippen molar-refractivity contribution in [3.63, 3.8) is 0 Å². The first-order valence-electron chi connectivity index (χ1n) is 6.48. The van der Waals surface area contributed by atoms with Crippen LogP contribution in [0.25, 0.3) is 0 Å². The molecule has 0 aromatic heterocycles. The van der Waals surface area contributed by atoms with Gasteiger partial charge in [-0.05, 0) is 18.2 Å². The van der Waals surface area contributed by atoms with Crippen molar-refractivity contribution in [3.8, 4) is 6.07 Å². The number of morpholine rings is 1. The van der Waals surface area contributed by atoms with Crippen LogP contribution in [0, 0.1) is 17.1 Å². The van der Waals surface area contributed by atoms with Gasteiger partial charge in [0.05, 0.1) is 18.8 Å². The molecule has 1 aromatic rings. The summed E-state index contributed by atoms with van der Waals surface area (Å²) in [4.78, 5) is 14.1. The first kappa shape index (κ1) is 17.4. The summed E-state index contributed by atoms with van der Waals surface area (Å²) in [7, 11) is 0. The summed E-state index contributed by atoms with van der Waals surface area (Å²) in [5.74, 6) is -0.910. The van der Waals surface area contributed by atoms with E-state index in [1.54, 1.807) is 6.07 Å². The second-order valence-corrected chi connectivity index (χ2v) is 4.52. The van der Waals surface area contributed by atoms with Crippen molar-refractivity contribution in [2.24, 2.45) is 0 Å². The largest absolute Gasteiger partial charge is 0.379 e. The van der Waals surface area contributed by atoms with Gasteiger partial charge in [-0.25, -0.2) is 4.39 Å². The Hall–Kier alpha value is -1.68. The zero-order valence-corrected chi connectivity index (χ0v) is 12.3. The fourth-order valence-corrected chi connectivity index (χ4v) is 2.01. The molecular formula is C14H17ClFN3O2. The molecule has 1 aliphatic heterocycles. The maximum Gasteiger partial charge on any atom is 0.251 e. The van der Waals surface area contributed by atoms with Gasteiger partial charge >= 0.3 is 0 Å². The summed E-state index contributed by atoms with van der Waals surface area (Å²) in [5, 5.41) is 11.5. The van der Waals surface area contributed by atoms with E-state index in [9.17, 15) is 9.18 Å². The van der Waals surface area contributed by atoms with Crippen LogP contribution in [0.3, 0.4) is 0 Å². The van der Waals surface area contributed by atoms with Gasteiger partial charge in [-0.3, -0.25) is 9.69 Å². The summed E-state index contributed by atoms with van der Waals surface area (Å²) < 4.78 is 18.4. The van der Waals surface area contributed by atoms with Crippen LogP contribution in [0.5, 0.6) is 0 Å². The third kappa shape index (κ3) is 4.97. The molecule has 7 heteroatoms. The molecule has 0 atom stereocenters. The summed E-state index contributed by atoms with van der Waals surface area (Å²) in [6, 6.07) is 5.49. The van der Waals surface area contributed by atoms with E-state index < -0.39 is 5.82 Å². The fourth-order valence-electron chi connectivity index (χ4n) is 2.01. The van der Waals surface area contributed by atoms with Crippen LogP contribution in [0.15, 0.2) is 18.2 Å². The van der Waals surface area contributed by atoms with Gasteiger partial charge in [0.25, 0.3) is 5.91 Å². The highest BCUT2D eigenvalue weighted by Crippen LogP contribution is 2.09. The smallest absolute Gasteiger partial charge is 0.251 e. The highest BCUT2D eigenvalue weighted by molar-refractivity contribution is 5.94. The number of benzene rings is 1. The summed E-state index contributed by atoms with van der Waals surface area (Å²) in [5.41, 5.74) is 0.177. The van der Waals surface area contributed by atoms with Crippen LogP contribution in [0.1, 0.15) is 15.9 Å². The standard InChI is InChI=1S/C14H16FN3O2.ClH/c15-13-2-1-11(9-12(13)10-16)14(19)17-3-4-18-5-7-20-8-6-18;/h1-2,9H,3-8H2,(H,17,19);1H. The Kier molecular flexibility index (Phi) is 7.09. The zero-order chi connectivity index (χ0) is 14.4. The van der Waals surface area contributed by atoms with E-state index in [-0.39, 0.29) is 23.9 Å². The lowest BCUT2D eigenvalue weighted by atomic mass is 10.1. The lowest BCUT2D eigenvalue weighted by Crippen LogP contribution is -2.41. The number of halogens is 2. The molecule has 1 N–H and O–H groups in total. The molecule has 1 aromatic carbocycles. The number of carbonyl (C=O) groups is 1. The average Bonchev–Trinajstić information content (AvgIpc) is 2.48. The fraction of sp³-hybridized carbons (Fsp3) is 0.429. The van der Waals surface area contributed by atoms with Crippen LogP contribution in [-0.2, 0) is 4.74 Å². The van der Waals surface area contributed by atoms with Gasteiger partial charge in [-0.15, -0.1) is 12.4 Å². The van der Waals surface area contributed by atoms with E-state index in [1.807, 2.05) is 0 Å². The quantitative estimate of drug-likeness (QED) is 0.906. The number of amides is 1. The van der Waals surface area contributed by atoms with Crippen molar-refractivity contribution >= 4 is 18.3 Å². The highest BCUT2D eigenvalue weighted by atomic mass is 35.5. The first-order chi connectivity index (χ1) is 9.70. The van der Waals surface area contributed by atoms with Crippen molar-refractivity contribution in [1.82, 2.24) is 10.2 Å². The lowest BCUT2D eigenvalue weighted by Gasteiger charge is -2.26. The monoisotopic (exact) mass is 313 g/mol. The third-order valence-electron chi connectivity index (χ3n) is 3.17. The number of hydrogen-bond donors (Lipinski definition) is 1. The Bertz CT molecular complexity index is 527. The second-order valence-electron chi connectivity index (χ2n) is 4.52. The zero-order valence-electron chi connectivity index (χ0n) is 11.5. The molecule has 0 saturated carbocycles. The van der Waals surface area contributed by atoms with Crippen LogP contribution >= 0.6 is 12.4 Å². The van der Waals surface area contributed by atoms with Crippen molar-refractivity contribution in [3.05, 3.63) is 35.1 Å². The van der Waals surface area contributed by atoms with E-state index >= 15 is 0 Å². The molecule has 21 heavy (non-hydrogen) atoms. The van der Waals surface area contributed by atoms with E-state index in [0.29, 0.717) is 12.1 Å². The number of carbonyl (C=O) groups excluding carboxylic acids is 1. The van der Waals surface area contributed by atoms with E-state index in [1.165, 1.54) is 12.1 Å². The Morgan fingerprint density at radius 3 is 2.81 bits per heavy atom. The number of nitrogens with zero attached hydrogens (tertiary/aromatic N) is 2. The molecule has 0 bridgehead atoms. The molecule has 0 spiro atoms. The van der Waals surface area contributed by atoms with E-state index in [4.69, 9.17) is 10.00 Å². The first-order valence-corrected chi connectivity index (χ1v) is 6.48. The molecule has 0 unspecified atom stereocenters. The predicted molar refractivity (Wildman–Crippen MR) is 78.0 cm³/mol. The molecule has 1 saturated heterocycles. The van der Waals surface area contributed by atoms with Crippen molar-refractivity contribution in [2.45, 2.75) is 0 Å². The topological polar surface area (TPSA) is 65.4 Å². The molecule has 5 nitrogen and oxygen atoms in total. The maximum absolute atomic E-state index is 13.2. The number of nitriles is 1. The number of hydrogen-bond acceptors (Lipinski definition) is 4. The van der Waals surface area contributed by atoms with Gasteiger partial charge in [0.1, 0.15) is 11.9 Å². The van der Waals surface area contributed by atoms with Gasteiger partial charge in [0.15, 0.2) is 0 Å². The van der Waals surface area contributed by atoms with Crippen molar-refractivity contribution < 1.29 is 13.9 Å². The van der Waals surface area contributed by atoms with Crippen molar-refractivity contribution in [1.29, 1.82) is 5.26 Å². The minimum atomic E-state index is -0.614. The molecule has 1 aliphatic rings. The van der Waals surface area contributed by atoms with Gasteiger partial charge in [-0.1, -0.05) is 0 Å². The Morgan fingerprint density at radius 1 is 1.43 bits per heavy atom. The SMILES string of the molecule is Cl.N#Cc1cc(C(=O)NCCN2CCOCC2)ccc1F. The minimum absolute atomic E-state index is 0. The summed E-state index contributed by atoms with van der Waals surface area (Å²) >= 11 is 0. The maximum atomic E-state index is 13.2. The summed E-state index contributed by atoms with van der Waals surface area (Å²) in [6.07, 6.45) is 0. The molecular weight excluding hydrogens is 297 g/mol. The molecule has 0 aliphatic carbocycles. The van der Waals surface area contributed by atoms with Gasteiger partial charge in [0.2, 0.25) is 0 Å². The lowest BCUT2D eigenvalue weighted by molar-refractivity contribution is 0.0383. The summed E-state index contributed by atoms with van der Waals surface area (Å²) in [6.45, 7) is 4.43. The number of rotatable bonds is 4. The van der Waals surface area contributed by atoms with E-state index in [2.05, 4.69) is 10.2 Å². The molecule has 1 heterocycles. The van der Waals surface area contributed by atoms with Crippen LogP contribution in [-0.4, -0.2) is 50.2 Å². The van der Waals surface area contributed by atoms with Gasteiger partial charge in [0, 0.05) is 31.7 Å². The average molecular weight is 314 g/mol. The minimum Gasteiger partial charge on any atom is -0.379 e. The Morgan fingerprint density at radius 2 is 2.14 bits per heavy atom.